The van der Waals surface area contributed by atoms with Gasteiger partial charge in [0.05, 0.1) is 12.0 Å². The Morgan fingerprint density at radius 1 is 1.53 bits per heavy atom. The van der Waals surface area contributed by atoms with Crippen molar-refractivity contribution >= 4 is 12.4 Å². The van der Waals surface area contributed by atoms with Gasteiger partial charge < -0.3 is 10.3 Å². The van der Waals surface area contributed by atoms with Gasteiger partial charge >= 0.3 is 0 Å². The van der Waals surface area contributed by atoms with Crippen LogP contribution in [-0.2, 0) is 13.6 Å². The molecule has 2 unspecified atom stereocenters. The highest BCUT2D eigenvalue weighted by Gasteiger charge is 2.27. The van der Waals surface area contributed by atoms with Crippen molar-refractivity contribution < 1.29 is 0 Å². The third-order valence-electron chi connectivity index (χ3n) is 3.75. The minimum Gasteiger partial charge on any atom is -0.337 e. The number of halogens is 1. The van der Waals surface area contributed by atoms with E-state index in [4.69, 9.17) is 5.73 Å². The minimum atomic E-state index is 0. The SMILES string of the molecule is CC1CCCN(Cc2cncn2C)C1CN.Cl. The van der Waals surface area contributed by atoms with E-state index in [1.807, 2.05) is 19.6 Å². The summed E-state index contributed by atoms with van der Waals surface area (Å²) in [5.74, 6) is 0.715. The van der Waals surface area contributed by atoms with E-state index in [0.29, 0.717) is 12.0 Å². The highest BCUT2D eigenvalue weighted by Crippen LogP contribution is 2.23. The van der Waals surface area contributed by atoms with E-state index in [0.717, 1.165) is 19.6 Å². The average molecular weight is 259 g/mol. The maximum Gasteiger partial charge on any atom is 0.0945 e. The second-order valence-corrected chi connectivity index (χ2v) is 4.89. The van der Waals surface area contributed by atoms with Crippen LogP contribution in [0.1, 0.15) is 25.5 Å². The van der Waals surface area contributed by atoms with Gasteiger partial charge in [0.2, 0.25) is 0 Å². The highest BCUT2D eigenvalue weighted by atomic mass is 35.5. The lowest BCUT2D eigenvalue weighted by molar-refractivity contribution is 0.0969. The lowest BCUT2D eigenvalue weighted by atomic mass is 9.91. The molecule has 0 spiro atoms. The van der Waals surface area contributed by atoms with Crippen molar-refractivity contribution in [3.05, 3.63) is 18.2 Å². The molecule has 0 aliphatic carbocycles. The van der Waals surface area contributed by atoms with Crippen molar-refractivity contribution in [2.24, 2.45) is 18.7 Å². The van der Waals surface area contributed by atoms with E-state index >= 15 is 0 Å². The molecule has 1 fully saturated rings. The molecule has 1 aliphatic rings. The molecule has 17 heavy (non-hydrogen) atoms. The molecule has 1 aliphatic heterocycles. The van der Waals surface area contributed by atoms with E-state index in [2.05, 4.69) is 21.4 Å². The Kier molecular flexibility index (Phi) is 5.43. The van der Waals surface area contributed by atoms with Crippen molar-refractivity contribution in [2.75, 3.05) is 13.1 Å². The van der Waals surface area contributed by atoms with E-state index < -0.39 is 0 Å². The molecule has 2 heterocycles. The van der Waals surface area contributed by atoms with Gasteiger partial charge in [0.1, 0.15) is 0 Å². The molecule has 4 nitrogen and oxygen atoms in total. The summed E-state index contributed by atoms with van der Waals surface area (Å²) in [6.45, 7) is 5.21. The first-order chi connectivity index (χ1) is 7.72. The third-order valence-corrected chi connectivity index (χ3v) is 3.75. The predicted molar refractivity (Wildman–Crippen MR) is 72.1 cm³/mol. The Labute approximate surface area is 110 Å². The largest absolute Gasteiger partial charge is 0.337 e. The first kappa shape index (κ1) is 14.5. The van der Waals surface area contributed by atoms with Gasteiger partial charge in [-0.15, -0.1) is 12.4 Å². The number of hydrogen-bond acceptors (Lipinski definition) is 3. The van der Waals surface area contributed by atoms with Crippen LogP contribution in [-0.4, -0.2) is 33.6 Å². The molecule has 0 amide bonds. The molecule has 2 N–H and O–H groups in total. The average Bonchev–Trinajstić information content (AvgIpc) is 2.65. The van der Waals surface area contributed by atoms with Crippen LogP contribution in [0, 0.1) is 5.92 Å². The van der Waals surface area contributed by atoms with Crippen LogP contribution in [0.3, 0.4) is 0 Å². The highest BCUT2D eigenvalue weighted by molar-refractivity contribution is 5.85. The van der Waals surface area contributed by atoms with Gasteiger partial charge in [-0.05, 0) is 25.3 Å². The van der Waals surface area contributed by atoms with Crippen LogP contribution >= 0.6 is 12.4 Å². The van der Waals surface area contributed by atoms with E-state index in [9.17, 15) is 0 Å². The molecule has 0 saturated carbocycles. The summed E-state index contributed by atoms with van der Waals surface area (Å²) in [5, 5.41) is 0. The molecule has 1 aromatic rings. The standard InChI is InChI=1S/C12H22N4.ClH/c1-10-4-3-5-16(12(10)6-13)8-11-7-14-9-15(11)2;/h7,9-10,12H,3-6,8,13H2,1-2H3;1H. The predicted octanol–water partition coefficient (Wildman–Crippen LogP) is 1.40. The van der Waals surface area contributed by atoms with Gasteiger partial charge in [-0.25, -0.2) is 4.98 Å². The lowest BCUT2D eigenvalue weighted by Gasteiger charge is -2.39. The van der Waals surface area contributed by atoms with Crippen molar-refractivity contribution in [3.8, 4) is 0 Å². The molecule has 98 valence electrons. The smallest absolute Gasteiger partial charge is 0.0945 e. The second-order valence-electron chi connectivity index (χ2n) is 4.89. The number of aryl methyl sites for hydroxylation is 1. The lowest BCUT2D eigenvalue weighted by Crippen LogP contribution is -2.48. The fourth-order valence-corrected chi connectivity index (χ4v) is 2.66. The molecule has 1 aromatic heterocycles. The first-order valence-electron chi connectivity index (χ1n) is 6.11. The molecule has 5 heteroatoms. The fraction of sp³-hybridized carbons (Fsp3) is 0.750. The van der Waals surface area contributed by atoms with Crippen LogP contribution in [0.15, 0.2) is 12.5 Å². The molecular weight excluding hydrogens is 236 g/mol. The van der Waals surface area contributed by atoms with E-state index in [1.54, 1.807) is 0 Å². The minimum absolute atomic E-state index is 0. The zero-order valence-electron chi connectivity index (χ0n) is 10.7. The van der Waals surface area contributed by atoms with Gasteiger partial charge in [-0.2, -0.15) is 0 Å². The summed E-state index contributed by atoms with van der Waals surface area (Å²) >= 11 is 0. The number of likely N-dealkylation sites (tertiary alicyclic amines) is 1. The fourth-order valence-electron chi connectivity index (χ4n) is 2.66. The quantitative estimate of drug-likeness (QED) is 0.892. The van der Waals surface area contributed by atoms with E-state index in [1.165, 1.54) is 18.5 Å². The zero-order valence-corrected chi connectivity index (χ0v) is 11.5. The van der Waals surface area contributed by atoms with Gasteiger partial charge in [0.25, 0.3) is 0 Å². The summed E-state index contributed by atoms with van der Waals surface area (Å²) in [5.41, 5.74) is 7.16. The van der Waals surface area contributed by atoms with Crippen LogP contribution in [0.5, 0.6) is 0 Å². The number of rotatable bonds is 3. The summed E-state index contributed by atoms with van der Waals surface area (Å²) in [6, 6.07) is 0.531. The maximum atomic E-state index is 5.89. The van der Waals surface area contributed by atoms with Gasteiger partial charge in [0.15, 0.2) is 0 Å². The number of nitrogens with zero attached hydrogens (tertiary/aromatic N) is 3. The van der Waals surface area contributed by atoms with Crippen LogP contribution in [0.25, 0.3) is 0 Å². The van der Waals surface area contributed by atoms with Crippen molar-refractivity contribution in [3.63, 3.8) is 0 Å². The zero-order chi connectivity index (χ0) is 11.5. The van der Waals surface area contributed by atoms with Crippen molar-refractivity contribution in [1.29, 1.82) is 0 Å². The number of aromatic nitrogens is 2. The maximum absolute atomic E-state index is 5.89. The Morgan fingerprint density at radius 2 is 2.29 bits per heavy atom. The number of nitrogens with two attached hydrogens (primary N) is 1. The van der Waals surface area contributed by atoms with Crippen molar-refractivity contribution in [2.45, 2.75) is 32.4 Å². The van der Waals surface area contributed by atoms with Gasteiger partial charge in [-0.1, -0.05) is 6.92 Å². The topological polar surface area (TPSA) is 47.1 Å². The number of imidazole rings is 1. The molecule has 2 atom stereocenters. The molecule has 0 bridgehead atoms. The monoisotopic (exact) mass is 258 g/mol. The van der Waals surface area contributed by atoms with Crippen LogP contribution < -0.4 is 5.73 Å². The summed E-state index contributed by atoms with van der Waals surface area (Å²) < 4.78 is 2.09. The van der Waals surface area contributed by atoms with Crippen molar-refractivity contribution in [1.82, 2.24) is 14.5 Å². The van der Waals surface area contributed by atoms with Crippen LogP contribution in [0.4, 0.5) is 0 Å². The second kappa shape index (κ2) is 6.38. The molecule has 0 radical (unpaired) electrons. The van der Waals surface area contributed by atoms with Gasteiger partial charge in [0, 0.05) is 32.4 Å². The summed E-state index contributed by atoms with van der Waals surface area (Å²) in [4.78, 5) is 6.67. The van der Waals surface area contributed by atoms with Gasteiger partial charge in [-0.3, -0.25) is 4.90 Å². The van der Waals surface area contributed by atoms with E-state index in [-0.39, 0.29) is 12.4 Å². The first-order valence-corrected chi connectivity index (χ1v) is 6.11. The Hall–Kier alpha value is -0.580. The van der Waals surface area contributed by atoms with Crippen LogP contribution in [0.2, 0.25) is 0 Å². The Balaban J connectivity index is 0.00000144. The normalized spacial score (nSPS) is 25.6. The molecule has 2 rings (SSSR count). The Morgan fingerprint density at radius 3 is 2.88 bits per heavy atom. The molecule has 1 saturated heterocycles. The molecular formula is C12H23ClN4. The molecule has 0 aromatic carbocycles. The summed E-state index contributed by atoms with van der Waals surface area (Å²) in [7, 11) is 2.05. The Bertz CT molecular complexity index is 339. The number of piperidine rings is 1. The third kappa shape index (κ3) is 3.21. The summed E-state index contributed by atoms with van der Waals surface area (Å²) in [6.07, 6.45) is 6.41. The number of hydrogen-bond donors (Lipinski definition) is 1.